The molecule has 0 aliphatic rings. The van der Waals surface area contributed by atoms with Gasteiger partial charge in [0.05, 0.1) is 15.7 Å². The summed E-state index contributed by atoms with van der Waals surface area (Å²) in [7, 11) is 0. The summed E-state index contributed by atoms with van der Waals surface area (Å²) in [5.41, 5.74) is 0.441. The summed E-state index contributed by atoms with van der Waals surface area (Å²) in [6.07, 6.45) is 0. The highest BCUT2D eigenvalue weighted by Crippen LogP contribution is 2.27. The van der Waals surface area contributed by atoms with Gasteiger partial charge in [-0.3, -0.25) is 0 Å². The monoisotopic (exact) mass is 239 g/mol. The zero-order chi connectivity index (χ0) is 11.6. The molecule has 0 saturated carbocycles. The average molecular weight is 239 g/mol. The molecule has 0 bridgehead atoms. The number of nitrogens with zero attached hydrogens (tertiary/aromatic N) is 1. The minimum Gasteiger partial charge on any atom is -0.207 e. The number of rotatable bonds is 2. The van der Waals surface area contributed by atoms with Crippen molar-refractivity contribution in [2.45, 2.75) is 19.3 Å². The quantitative estimate of drug-likeness (QED) is 0.633. The highest BCUT2D eigenvalue weighted by molar-refractivity contribution is 8.11. The molecule has 0 amide bonds. The summed E-state index contributed by atoms with van der Waals surface area (Å²) in [6.45, 7) is 3.44. The molecule has 0 atom stereocenters. The predicted molar refractivity (Wildman–Crippen MR) is 65.7 cm³/mol. The molecule has 1 aromatic rings. The standard InChI is InChI=1S/C11H10FNS2/c1-11(2,6-13)9-5-7(12)3-4-8(9)10(14)15/h3-5H,1-2H3,(H,14,15). The van der Waals surface area contributed by atoms with Gasteiger partial charge in [-0.05, 0) is 37.6 Å². The van der Waals surface area contributed by atoms with Crippen LogP contribution in [0.4, 0.5) is 4.39 Å². The van der Waals surface area contributed by atoms with Crippen molar-refractivity contribution in [3.8, 4) is 6.07 Å². The summed E-state index contributed by atoms with van der Waals surface area (Å²) in [5.74, 6) is -0.373. The van der Waals surface area contributed by atoms with Gasteiger partial charge in [0.15, 0.2) is 0 Å². The Hall–Kier alpha value is -0.920. The lowest BCUT2D eigenvalue weighted by molar-refractivity contribution is 0.612. The van der Waals surface area contributed by atoms with E-state index in [0.29, 0.717) is 15.3 Å². The molecule has 0 fully saturated rings. The van der Waals surface area contributed by atoms with Crippen molar-refractivity contribution in [1.29, 1.82) is 5.26 Å². The summed E-state index contributed by atoms with van der Waals surface area (Å²) in [6, 6.07) is 6.32. The number of thiol groups is 1. The molecule has 78 valence electrons. The van der Waals surface area contributed by atoms with Gasteiger partial charge in [-0.25, -0.2) is 4.39 Å². The first-order chi connectivity index (χ1) is 6.88. The van der Waals surface area contributed by atoms with Crippen LogP contribution in [-0.4, -0.2) is 4.20 Å². The van der Waals surface area contributed by atoms with Crippen LogP contribution in [-0.2, 0) is 5.41 Å². The van der Waals surface area contributed by atoms with Crippen LogP contribution < -0.4 is 0 Å². The molecular weight excluding hydrogens is 229 g/mol. The zero-order valence-electron chi connectivity index (χ0n) is 8.41. The first-order valence-electron chi connectivity index (χ1n) is 4.33. The van der Waals surface area contributed by atoms with Crippen molar-refractivity contribution < 1.29 is 4.39 Å². The lowest BCUT2D eigenvalue weighted by Crippen LogP contribution is -2.17. The van der Waals surface area contributed by atoms with Gasteiger partial charge >= 0.3 is 0 Å². The topological polar surface area (TPSA) is 23.8 Å². The van der Waals surface area contributed by atoms with Crippen LogP contribution in [0.3, 0.4) is 0 Å². The molecule has 1 aromatic carbocycles. The van der Waals surface area contributed by atoms with E-state index in [1.54, 1.807) is 19.9 Å². The molecule has 0 radical (unpaired) electrons. The van der Waals surface area contributed by atoms with Crippen LogP contribution in [0.2, 0.25) is 0 Å². The number of halogens is 1. The van der Waals surface area contributed by atoms with Gasteiger partial charge in [-0.1, -0.05) is 12.2 Å². The van der Waals surface area contributed by atoms with Crippen molar-refractivity contribution in [3.05, 3.63) is 35.1 Å². The van der Waals surface area contributed by atoms with Crippen molar-refractivity contribution in [1.82, 2.24) is 0 Å². The van der Waals surface area contributed by atoms with Gasteiger partial charge in [-0.2, -0.15) is 5.26 Å². The Kier molecular flexibility index (Phi) is 3.48. The Balaban J connectivity index is 3.45. The summed E-state index contributed by atoms with van der Waals surface area (Å²) >= 11 is 9.00. The predicted octanol–water partition coefficient (Wildman–Crippen LogP) is 3.23. The van der Waals surface area contributed by atoms with E-state index in [2.05, 4.69) is 18.7 Å². The van der Waals surface area contributed by atoms with Crippen LogP contribution >= 0.6 is 24.8 Å². The van der Waals surface area contributed by atoms with Crippen LogP contribution in [0, 0.1) is 17.1 Å². The summed E-state index contributed by atoms with van der Waals surface area (Å²) in [4.78, 5) is 0. The Bertz CT molecular complexity index is 446. The summed E-state index contributed by atoms with van der Waals surface area (Å²) < 4.78 is 13.5. The normalized spacial score (nSPS) is 10.9. The fourth-order valence-electron chi connectivity index (χ4n) is 1.28. The maximum absolute atomic E-state index is 13.1. The number of benzene rings is 1. The van der Waals surface area contributed by atoms with E-state index >= 15 is 0 Å². The third-order valence-corrected chi connectivity index (χ3v) is 2.63. The molecule has 1 nitrogen and oxygen atoms in total. The molecule has 0 N–H and O–H groups in total. The number of thiocarbonyl (C=S) groups is 1. The van der Waals surface area contributed by atoms with E-state index in [4.69, 9.17) is 17.5 Å². The number of hydrogen-bond donors (Lipinski definition) is 1. The van der Waals surface area contributed by atoms with Crippen LogP contribution in [0.5, 0.6) is 0 Å². The summed E-state index contributed by atoms with van der Waals surface area (Å²) in [5, 5.41) is 9.00. The van der Waals surface area contributed by atoms with Crippen LogP contribution in [0.1, 0.15) is 25.0 Å². The molecule has 0 aromatic heterocycles. The lowest BCUT2D eigenvalue weighted by Gasteiger charge is -2.19. The highest BCUT2D eigenvalue weighted by atomic mass is 32.1. The van der Waals surface area contributed by atoms with Gasteiger partial charge < -0.3 is 0 Å². The zero-order valence-corrected chi connectivity index (χ0v) is 10.1. The molecule has 0 saturated heterocycles. The van der Waals surface area contributed by atoms with Crippen LogP contribution in [0.15, 0.2) is 18.2 Å². The molecule has 4 heteroatoms. The average Bonchev–Trinajstić information content (AvgIpc) is 2.17. The van der Waals surface area contributed by atoms with E-state index in [1.807, 2.05) is 0 Å². The minimum absolute atomic E-state index is 0.369. The van der Waals surface area contributed by atoms with Crippen molar-refractivity contribution in [3.63, 3.8) is 0 Å². The Morgan fingerprint density at radius 1 is 1.53 bits per heavy atom. The minimum atomic E-state index is -0.774. The van der Waals surface area contributed by atoms with Crippen molar-refractivity contribution in [2.75, 3.05) is 0 Å². The SMILES string of the molecule is CC(C)(C#N)c1cc(F)ccc1C(=S)S. The van der Waals surface area contributed by atoms with E-state index in [-0.39, 0.29) is 5.82 Å². The van der Waals surface area contributed by atoms with Crippen molar-refractivity contribution >= 4 is 29.0 Å². The second-order valence-electron chi connectivity index (χ2n) is 3.73. The third-order valence-electron chi connectivity index (χ3n) is 2.16. The highest BCUT2D eigenvalue weighted by Gasteiger charge is 2.24. The maximum atomic E-state index is 13.1. The number of hydrogen-bond acceptors (Lipinski definition) is 2. The van der Waals surface area contributed by atoms with Gasteiger partial charge in [0.2, 0.25) is 0 Å². The second-order valence-corrected chi connectivity index (χ2v) is 4.89. The third kappa shape index (κ3) is 2.55. The Labute approximate surface area is 99.3 Å². The number of nitriles is 1. The smallest absolute Gasteiger partial charge is 0.123 e. The Morgan fingerprint density at radius 3 is 2.60 bits per heavy atom. The second kappa shape index (κ2) is 4.30. The molecule has 0 spiro atoms. The molecule has 0 heterocycles. The molecule has 1 rings (SSSR count). The Morgan fingerprint density at radius 2 is 2.13 bits per heavy atom. The fraction of sp³-hybridized carbons (Fsp3) is 0.273. The molecule has 0 aliphatic heterocycles. The maximum Gasteiger partial charge on any atom is 0.123 e. The lowest BCUT2D eigenvalue weighted by atomic mass is 9.83. The van der Waals surface area contributed by atoms with E-state index in [1.165, 1.54) is 12.1 Å². The molecule has 0 aliphatic carbocycles. The first-order valence-corrected chi connectivity index (χ1v) is 5.18. The molecule has 15 heavy (non-hydrogen) atoms. The van der Waals surface area contributed by atoms with E-state index in [9.17, 15) is 4.39 Å². The van der Waals surface area contributed by atoms with Gasteiger partial charge in [0.25, 0.3) is 0 Å². The van der Waals surface area contributed by atoms with E-state index in [0.717, 1.165) is 0 Å². The molecule has 0 unspecified atom stereocenters. The van der Waals surface area contributed by atoms with Gasteiger partial charge in [0, 0.05) is 5.56 Å². The fourth-order valence-corrected chi connectivity index (χ4v) is 1.65. The van der Waals surface area contributed by atoms with Crippen molar-refractivity contribution in [2.24, 2.45) is 0 Å². The first kappa shape index (κ1) is 12.2. The molecular formula is C11H10FNS2. The van der Waals surface area contributed by atoms with Gasteiger partial charge in [-0.15, -0.1) is 12.6 Å². The van der Waals surface area contributed by atoms with E-state index < -0.39 is 5.41 Å². The van der Waals surface area contributed by atoms with Gasteiger partial charge in [0.1, 0.15) is 5.82 Å². The largest absolute Gasteiger partial charge is 0.207 e. The van der Waals surface area contributed by atoms with Crippen LogP contribution in [0.25, 0.3) is 0 Å².